The zero-order chi connectivity index (χ0) is 13.9. The van der Waals surface area contributed by atoms with E-state index in [0.29, 0.717) is 9.16 Å². The highest BCUT2D eigenvalue weighted by Gasteiger charge is 2.46. The monoisotopic (exact) mass is 390 g/mol. The van der Waals surface area contributed by atoms with E-state index in [1.54, 1.807) is 0 Å². The summed E-state index contributed by atoms with van der Waals surface area (Å²) in [4.78, 5) is 0. The summed E-state index contributed by atoms with van der Waals surface area (Å²) in [7, 11) is 0. The lowest BCUT2D eigenvalue weighted by molar-refractivity contribution is 0.781. The molecule has 0 aromatic rings. The van der Waals surface area contributed by atoms with Crippen molar-refractivity contribution in [2.75, 3.05) is 23.0 Å². The molecule has 4 unspecified atom stereocenters. The molecule has 2 rings (SSSR count). The van der Waals surface area contributed by atoms with Crippen molar-refractivity contribution in [3.8, 4) is 0 Å². The second kappa shape index (κ2) is 8.34. The molecule has 2 aliphatic heterocycles. The molecular weight excluding hydrogens is 369 g/mol. The zero-order valence-electron chi connectivity index (χ0n) is 11.0. The van der Waals surface area contributed by atoms with E-state index in [9.17, 15) is 0 Å². The number of hydrogen-bond donors (Lipinski definition) is 3. The third-order valence-corrected chi connectivity index (χ3v) is 12.8. The Balaban J connectivity index is 1.88. The van der Waals surface area contributed by atoms with Crippen LogP contribution in [0, 0.1) is 0 Å². The van der Waals surface area contributed by atoms with Crippen LogP contribution in [-0.2, 0) is 0 Å². The zero-order valence-corrected chi connectivity index (χ0v) is 17.0. The van der Waals surface area contributed by atoms with Gasteiger partial charge in [-0.2, -0.15) is 37.9 Å². The minimum atomic E-state index is 0.112. The van der Waals surface area contributed by atoms with Crippen LogP contribution in [0.1, 0.15) is 19.8 Å². The van der Waals surface area contributed by atoms with Crippen molar-refractivity contribution in [2.45, 2.75) is 44.2 Å². The minimum Gasteiger partial charge on any atom is -0.179 e. The van der Waals surface area contributed by atoms with Crippen molar-refractivity contribution in [3.63, 3.8) is 0 Å². The summed E-state index contributed by atoms with van der Waals surface area (Å²) in [5.74, 6) is 4.55. The van der Waals surface area contributed by atoms with Gasteiger partial charge in [0, 0.05) is 22.0 Å². The molecule has 2 fully saturated rings. The minimum absolute atomic E-state index is 0.112. The lowest BCUT2D eigenvalue weighted by atomic mass is 10.2. The third kappa shape index (κ3) is 4.71. The fraction of sp³-hybridized carbons (Fsp3) is 1.00. The van der Waals surface area contributed by atoms with E-state index in [-0.39, 0.29) is 4.75 Å². The topological polar surface area (TPSA) is 0 Å². The molecule has 2 heterocycles. The number of thiol groups is 3. The van der Waals surface area contributed by atoms with Gasteiger partial charge in [-0.05, 0) is 31.3 Å². The molecule has 2 aliphatic rings. The van der Waals surface area contributed by atoms with E-state index in [1.165, 1.54) is 24.3 Å². The molecule has 0 nitrogen and oxygen atoms in total. The van der Waals surface area contributed by atoms with Crippen LogP contribution in [-0.4, -0.2) is 47.4 Å². The van der Waals surface area contributed by atoms with Gasteiger partial charge >= 0.3 is 0 Å². The Labute approximate surface area is 151 Å². The highest BCUT2D eigenvalue weighted by atomic mass is 32.2. The molecule has 0 N–H and O–H groups in total. The summed E-state index contributed by atoms with van der Waals surface area (Å²) in [5.41, 5.74) is 0. The summed E-state index contributed by atoms with van der Waals surface area (Å²) in [6.07, 6.45) is 2.46. The Bertz CT molecular complexity index is 257. The Hall–Kier alpha value is 2.45. The molecule has 0 aliphatic carbocycles. The second-order valence-corrected chi connectivity index (χ2v) is 12.6. The van der Waals surface area contributed by atoms with Gasteiger partial charge in [0.25, 0.3) is 0 Å². The van der Waals surface area contributed by atoms with Crippen LogP contribution in [0.5, 0.6) is 0 Å². The maximum absolute atomic E-state index is 5.07. The van der Waals surface area contributed by atoms with Crippen LogP contribution in [0.2, 0.25) is 0 Å². The summed E-state index contributed by atoms with van der Waals surface area (Å²) in [6.45, 7) is 2.34. The normalized spacial score (nSPS) is 38.5. The van der Waals surface area contributed by atoms with Gasteiger partial charge < -0.3 is 0 Å². The van der Waals surface area contributed by atoms with Gasteiger partial charge in [-0.3, -0.25) is 0 Å². The molecule has 2 saturated heterocycles. The van der Waals surface area contributed by atoms with Gasteiger partial charge in [-0.15, -0.1) is 47.0 Å². The Kier molecular flexibility index (Phi) is 7.82. The Morgan fingerprint density at radius 2 is 1.37 bits per heavy atom. The van der Waals surface area contributed by atoms with Crippen molar-refractivity contribution in [2.24, 2.45) is 0 Å². The van der Waals surface area contributed by atoms with Crippen LogP contribution in [0.4, 0.5) is 0 Å². The van der Waals surface area contributed by atoms with Crippen molar-refractivity contribution >= 4 is 84.9 Å². The lowest BCUT2D eigenvalue weighted by Crippen LogP contribution is -2.36. The molecule has 0 spiro atoms. The Morgan fingerprint density at radius 1 is 0.947 bits per heavy atom. The maximum Gasteiger partial charge on any atom is 0.0666 e. The highest BCUT2D eigenvalue weighted by Crippen LogP contribution is 2.56. The van der Waals surface area contributed by atoms with Gasteiger partial charge in [0.2, 0.25) is 0 Å². The molecule has 0 saturated carbocycles. The summed E-state index contributed by atoms with van der Waals surface area (Å²) < 4.78 is 1.36. The molecule has 7 heteroatoms. The molecule has 112 valence electrons. The molecule has 0 amide bonds. The first-order valence-electron chi connectivity index (χ1n) is 6.56. The molecule has 0 aromatic carbocycles. The van der Waals surface area contributed by atoms with Gasteiger partial charge in [0.05, 0.1) is 13.9 Å². The summed E-state index contributed by atoms with van der Waals surface area (Å²) >= 11 is 22.3. The third-order valence-electron chi connectivity index (χ3n) is 3.36. The number of rotatable bonds is 6. The Morgan fingerprint density at radius 3 is 1.74 bits per heavy atom. The van der Waals surface area contributed by atoms with Crippen molar-refractivity contribution < 1.29 is 0 Å². The SMILES string of the molecule is CC(S)(C1SCC(CCS)S1)C1SCC(CCS)S1. The van der Waals surface area contributed by atoms with E-state index >= 15 is 0 Å². The van der Waals surface area contributed by atoms with Gasteiger partial charge in [-0.25, -0.2) is 0 Å². The van der Waals surface area contributed by atoms with Gasteiger partial charge in [0.15, 0.2) is 0 Å². The van der Waals surface area contributed by atoms with Crippen LogP contribution in [0.3, 0.4) is 0 Å². The standard InChI is InChI=1S/C12H22S7/c1-12(15,10-16-6-8(18-10)2-4-13)11-17-7-9(19-11)3-5-14/h8-11,13-15H,2-7H2,1H3. The maximum atomic E-state index is 5.07. The largest absolute Gasteiger partial charge is 0.179 e. The van der Waals surface area contributed by atoms with E-state index in [4.69, 9.17) is 12.6 Å². The first-order valence-corrected chi connectivity index (χ1v) is 12.3. The van der Waals surface area contributed by atoms with E-state index in [2.05, 4.69) is 79.2 Å². The average molecular weight is 391 g/mol. The van der Waals surface area contributed by atoms with Crippen molar-refractivity contribution in [3.05, 3.63) is 0 Å². The first-order chi connectivity index (χ1) is 9.07. The second-order valence-electron chi connectivity index (χ2n) is 5.10. The summed E-state index contributed by atoms with van der Waals surface area (Å²) in [5, 5.41) is 1.56. The predicted molar refractivity (Wildman–Crippen MR) is 110 cm³/mol. The fourth-order valence-corrected chi connectivity index (χ4v) is 11.6. The molecule has 4 atom stereocenters. The van der Waals surface area contributed by atoms with E-state index < -0.39 is 0 Å². The molecule has 0 bridgehead atoms. The van der Waals surface area contributed by atoms with Crippen LogP contribution >= 0.6 is 84.9 Å². The predicted octanol–water partition coefficient (Wildman–Crippen LogP) is 4.66. The molecular formula is C12H22S7. The lowest BCUT2D eigenvalue weighted by Gasteiger charge is -2.34. The van der Waals surface area contributed by atoms with E-state index in [1.807, 2.05) is 0 Å². The molecule has 0 aromatic heterocycles. The quantitative estimate of drug-likeness (QED) is 0.564. The number of hydrogen-bond acceptors (Lipinski definition) is 7. The van der Waals surface area contributed by atoms with Crippen LogP contribution < -0.4 is 0 Å². The van der Waals surface area contributed by atoms with Crippen LogP contribution in [0.25, 0.3) is 0 Å². The van der Waals surface area contributed by atoms with E-state index in [0.717, 1.165) is 22.0 Å². The van der Waals surface area contributed by atoms with Crippen molar-refractivity contribution in [1.29, 1.82) is 0 Å². The van der Waals surface area contributed by atoms with Crippen LogP contribution in [0.15, 0.2) is 0 Å². The first kappa shape index (κ1) is 17.8. The summed E-state index contributed by atoms with van der Waals surface area (Å²) in [6, 6.07) is 0. The average Bonchev–Trinajstić information content (AvgIpc) is 2.99. The number of thioether (sulfide) groups is 4. The smallest absolute Gasteiger partial charge is 0.0666 e. The molecule has 0 radical (unpaired) electrons. The van der Waals surface area contributed by atoms with Crippen molar-refractivity contribution in [1.82, 2.24) is 0 Å². The van der Waals surface area contributed by atoms with Gasteiger partial charge in [0.1, 0.15) is 0 Å². The van der Waals surface area contributed by atoms with Gasteiger partial charge in [-0.1, -0.05) is 0 Å². The fourth-order valence-electron chi connectivity index (χ4n) is 2.21. The molecule has 19 heavy (non-hydrogen) atoms. The highest BCUT2D eigenvalue weighted by molar-refractivity contribution is 8.23.